The minimum absolute atomic E-state index is 0.537. The Morgan fingerprint density at radius 3 is 2.11 bits per heavy atom. The number of aromatic nitrogens is 2. The van der Waals surface area contributed by atoms with Crippen molar-refractivity contribution in [2.45, 2.75) is 5.60 Å². The lowest BCUT2D eigenvalue weighted by Gasteiger charge is -2.15. The topological polar surface area (TPSA) is 38.3 Å². The van der Waals surface area contributed by atoms with Crippen LogP contribution in [-0.4, -0.2) is 16.0 Å². The summed E-state index contributed by atoms with van der Waals surface area (Å²) in [5.41, 5.74) is 4.54. The van der Waals surface area contributed by atoms with E-state index in [9.17, 15) is 0 Å². The minimum Gasteiger partial charge on any atom is -0.359 e. The molecule has 1 aliphatic rings. The Morgan fingerprint density at radius 1 is 0.893 bits per heavy atom. The molecule has 1 unspecified atom stereocenters. The van der Waals surface area contributed by atoms with E-state index < -0.39 is 5.60 Å². The fourth-order valence-electron chi connectivity index (χ4n) is 3.40. The van der Waals surface area contributed by atoms with Crippen molar-refractivity contribution in [1.82, 2.24) is 9.36 Å². The zero-order chi connectivity index (χ0) is 19.1. The van der Waals surface area contributed by atoms with Gasteiger partial charge in [0, 0.05) is 39.1 Å². The van der Waals surface area contributed by atoms with Gasteiger partial charge in [0.2, 0.25) is 0 Å². The lowest BCUT2D eigenvalue weighted by atomic mass is 9.88. The Hall–Kier alpha value is -2.24. The Morgan fingerprint density at radius 2 is 1.54 bits per heavy atom. The second-order valence-electron chi connectivity index (χ2n) is 6.61. The summed E-state index contributed by atoms with van der Waals surface area (Å²) in [6, 6.07) is 19.6. The summed E-state index contributed by atoms with van der Waals surface area (Å²) in [5, 5.41) is 1.40. The number of nitrogens with zero attached hydrogens (tertiary/aromatic N) is 2. The molecule has 0 amide bonds. The SMILES string of the molecule is Clc1ccc(-c2nsc(-c3ccc(Cl)cc3)c2C2(c3cccnc3)CO2)cc1. The number of ether oxygens (including phenoxy) is 1. The molecule has 0 saturated carbocycles. The molecule has 1 fully saturated rings. The summed E-state index contributed by atoms with van der Waals surface area (Å²) in [4.78, 5) is 5.37. The monoisotopic (exact) mass is 424 g/mol. The van der Waals surface area contributed by atoms with Crippen molar-refractivity contribution in [3.63, 3.8) is 0 Å². The number of benzene rings is 2. The Labute approximate surface area is 176 Å². The Balaban J connectivity index is 1.74. The fourth-order valence-corrected chi connectivity index (χ4v) is 4.62. The molecule has 1 atom stereocenters. The number of hydrogen-bond donors (Lipinski definition) is 0. The van der Waals surface area contributed by atoms with Gasteiger partial charge in [-0.05, 0) is 47.4 Å². The predicted octanol–water partition coefficient (Wildman–Crippen LogP) is 6.45. The standard InChI is InChI=1S/C22H14Cl2N2OS/c23-17-7-3-14(4-8-17)20-19(22(13-27-22)16-2-1-11-25-12-16)21(28-26-20)15-5-9-18(24)10-6-15/h1-12H,13H2. The fraction of sp³-hybridized carbons (Fsp3) is 0.0909. The van der Waals surface area contributed by atoms with Gasteiger partial charge in [-0.25, -0.2) is 0 Å². The maximum Gasteiger partial charge on any atom is 0.147 e. The van der Waals surface area contributed by atoms with Crippen LogP contribution in [0.3, 0.4) is 0 Å². The number of hydrogen-bond acceptors (Lipinski definition) is 4. The second kappa shape index (κ2) is 6.98. The van der Waals surface area contributed by atoms with Crippen molar-refractivity contribution in [3.05, 3.63) is 94.2 Å². The molecule has 28 heavy (non-hydrogen) atoms. The van der Waals surface area contributed by atoms with Crippen LogP contribution in [0.25, 0.3) is 21.7 Å². The summed E-state index contributed by atoms with van der Waals surface area (Å²) < 4.78 is 10.9. The summed E-state index contributed by atoms with van der Waals surface area (Å²) in [7, 11) is 0. The van der Waals surface area contributed by atoms with Crippen molar-refractivity contribution in [3.8, 4) is 21.7 Å². The third-order valence-corrected chi connectivity index (χ3v) is 6.28. The Bertz CT molecular complexity index is 1060. The normalized spacial score (nSPS) is 18.2. The van der Waals surface area contributed by atoms with E-state index in [1.807, 2.05) is 60.8 Å². The molecule has 0 radical (unpaired) electrons. The number of rotatable bonds is 4. The third kappa shape index (κ3) is 3.03. The molecule has 3 heterocycles. The molecule has 3 nitrogen and oxygen atoms in total. The third-order valence-electron chi connectivity index (χ3n) is 4.88. The van der Waals surface area contributed by atoms with Crippen molar-refractivity contribution in [2.75, 3.05) is 6.61 Å². The summed E-state index contributed by atoms with van der Waals surface area (Å²) in [6.07, 6.45) is 3.63. The lowest BCUT2D eigenvalue weighted by Crippen LogP contribution is -2.13. The van der Waals surface area contributed by atoms with Gasteiger partial charge in [0.05, 0.1) is 17.2 Å². The van der Waals surface area contributed by atoms with E-state index in [-0.39, 0.29) is 0 Å². The van der Waals surface area contributed by atoms with Crippen LogP contribution in [0.2, 0.25) is 10.0 Å². The summed E-state index contributed by atoms with van der Waals surface area (Å²) in [6.45, 7) is 0.596. The van der Waals surface area contributed by atoms with Gasteiger partial charge in [0.25, 0.3) is 0 Å². The molecule has 2 aromatic carbocycles. The molecule has 1 aliphatic heterocycles. The molecule has 5 rings (SSSR count). The number of epoxide rings is 1. The summed E-state index contributed by atoms with van der Waals surface area (Å²) in [5.74, 6) is 0. The van der Waals surface area contributed by atoms with Crippen LogP contribution >= 0.6 is 34.7 Å². The van der Waals surface area contributed by atoms with Crippen LogP contribution in [0.4, 0.5) is 0 Å². The van der Waals surface area contributed by atoms with Crippen LogP contribution in [0.5, 0.6) is 0 Å². The zero-order valence-corrected chi connectivity index (χ0v) is 16.9. The minimum atomic E-state index is -0.537. The van der Waals surface area contributed by atoms with Gasteiger partial charge in [-0.2, -0.15) is 4.37 Å². The van der Waals surface area contributed by atoms with Crippen LogP contribution in [0.1, 0.15) is 11.1 Å². The van der Waals surface area contributed by atoms with Crippen molar-refractivity contribution in [1.29, 1.82) is 0 Å². The highest BCUT2D eigenvalue weighted by Gasteiger charge is 2.52. The highest BCUT2D eigenvalue weighted by molar-refractivity contribution is 7.10. The van der Waals surface area contributed by atoms with Crippen LogP contribution in [0.15, 0.2) is 73.1 Å². The molecule has 4 aromatic rings. The van der Waals surface area contributed by atoms with E-state index in [1.165, 1.54) is 11.5 Å². The smallest absolute Gasteiger partial charge is 0.147 e. The highest BCUT2D eigenvalue weighted by Crippen LogP contribution is 2.53. The molecule has 6 heteroatoms. The van der Waals surface area contributed by atoms with Crippen LogP contribution < -0.4 is 0 Å². The van der Waals surface area contributed by atoms with Gasteiger partial charge in [0.15, 0.2) is 0 Å². The first-order valence-corrected chi connectivity index (χ1v) is 10.3. The number of pyridine rings is 1. The van der Waals surface area contributed by atoms with E-state index in [0.717, 1.165) is 32.8 Å². The maximum absolute atomic E-state index is 6.10. The quantitative estimate of drug-likeness (QED) is 0.353. The van der Waals surface area contributed by atoms with Crippen LogP contribution in [-0.2, 0) is 10.3 Å². The van der Waals surface area contributed by atoms with E-state index in [4.69, 9.17) is 32.3 Å². The van der Waals surface area contributed by atoms with Gasteiger partial charge in [-0.15, -0.1) is 0 Å². The van der Waals surface area contributed by atoms with E-state index in [0.29, 0.717) is 16.7 Å². The molecular weight excluding hydrogens is 411 g/mol. The predicted molar refractivity (Wildman–Crippen MR) is 114 cm³/mol. The van der Waals surface area contributed by atoms with E-state index in [2.05, 4.69) is 11.1 Å². The van der Waals surface area contributed by atoms with Crippen molar-refractivity contribution in [2.24, 2.45) is 0 Å². The molecule has 0 spiro atoms. The largest absolute Gasteiger partial charge is 0.359 e. The van der Waals surface area contributed by atoms with Crippen molar-refractivity contribution >= 4 is 34.7 Å². The molecule has 2 aromatic heterocycles. The van der Waals surface area contributed by atoms with Gasteiger partial charge in [-0.3, -0.25) is 4.98 Å². The molecule has 138 valence electrons. The molecule has 0 aliphatic carbocycles. The highest BCUT2D eigenvalue weighted by atomic mass is 35.5. The first-order chi connectivity index (χ1) is 13.7. The zero-order valence-electron chi connectivity index (χ0n) is 14.6. The molecule has 1 saturated heterocycles. The Kier molecular flexibility index (Phi) is 4.44. The van der Waals surface area contributed by atoms with Gasteiger partial charge in [0.1, 0.15) is 5.60 Å². The first-order valence-electron chi connectivity index (χ1n) is 8.74. The average molecular weight is 425 g/mol. The van der Waals surface area contributed by atoms with Crippen LogP contribution in [0, 0.1) is 0 Å². The maximum atomic E-state index is 6.10. The van der Waals surface area contributed by atoms with Gasteiger partial charge >= 0.3 is 0 Å². The molecular formula is C22H14Cl2N2OS. The first kappa shape index (κ1) is 17.8. The lowest BCUT2D eigenvalue weighted by molar-refractivity contribution is 0.350. The van der Waals surface area contributed by atoms with E-state index >= 15 is 0 Å². The van der Waals surface area contributed by atoms with Crippen molar-refractivity contribution < 1.29 is 4.74 Å². The van der Waals surface area contributed by atoms with E-state index in [1.54, 1.807) is 6.20 Å². The molecule has 0 bridgehead atoms. The second-order valence-corrected chi connectivity index (χ2v) is 8.25. The summed E-state index contributed by atoms with van der Waals surface area (Å²) >= 11 is 13.7. The average Bonchev–Trinajstić information content (AvgIpc) is 3.42. The number of halogens is 2. The van der Waals surface area contributed by atoms with Gasteiger partial charge in [-0.1, -0.05) is 53.5 Å². The van der Waals surface area contributed by atoms with Gasteiger partial charge < -0.3 is 4.74 Å². The molecule has 0 N–H and O–H groups in total.